The number of nitrogens with zero attached hydrogens (tertiary/aromatic N) is 1. The second-order valence-electron chi connectivity index (χ2n) is 5.92. The van der Waals surface area contributed by atoms with Crippen molar-refractivity contribution in [2.45, 2.75) is 31.3 Å². The van der Waals surface area contributed by atoms with E-state index in [1.54, 1.807) is 11.7 Å². The number of thiazole rings is 1. The average Bonchev–Trinajstić information content (AvgIpc) is 2.92. The molecule has 0 aliphatic rings. The molecule has 2 rings (SSSR count). The van der Waals surface area contributed by atoms with Crippen molar-refractivity contribution >= 4 is 45.1 Å². The minimum atomic E-state index is -1.27. The van der Waals surface area contributed by atoms with Crippen LogP contribution in [0.2, 0.25) is 0 Å². The largest absolute Gasteiger partial charge is 0.611 e. The zero-order chi connectivity index (χ0) is 15.7. The Kier molecular flexibility index (Phi) is 5.36. The smallest absolute Gasteiger partial charge is 0.152 e. The number of rotatable bonds is 4. The minimum Gasteiger partial charge on any atom is -0.611 e. The van der Waals surface area contributed by atoms with Gasteiger partial charge in [0.15, 0.2) is 4.90 Å². The van der Waals surface area contributed by atoms with Gasteiger partial charge in [0.1, 0.15) is 11.4 Å². The number of aromatic nitrogens is 1. The topological polar surface area (TPSA) is 56.2 Å². The molecular formula is C15H18INO2S2. The van der Waals surface area contributed by atoms with E-state index in [1.165, 1.54) is 11.3 Å². The van der Waals surface area contributed by atoms with E-state index in [1.807, 2.05) is 45.0 Å². The maximum absolute atomic E-state index is 12.6. The van der Waals surface area contributed by atoms with E-state index in [4.69, 9.17) is 0 Å². The third-order valence-electron chi connectivity index (χ3n) is 3.50. The Labute approximate surface area is 146 Å². The highest BCUT2D eigenvalue weighted by atomic mass is 127. The molecule has 0 aliphatic carbocycles. The lowest BCUT2D eigenvalue weighted by molar-refractivity contribution is -0.0406. The maximum atomic E-state index is 12.6. The summed E-state index contributed by atoms with van der Waals surface area (Å²) in [6, 6.07) is 7.56. The molecule has 3 nitrogen and oxygen atoms in total. The van der Waals surface area contributed by atoms with Crippen molar-refractivity contribution in [1.29, 1.82) is 0 Å². The summed E-state index contributed by atoms with van der Waals surface area (Å²) in [5, 5.41) is 11.2. The van der Waals surface area contributed by atoms with Crippen molar-refractivity contribution in [1.82, 2.24) is 4.98 Å². The number of benzene rings is 1. The molecule has 0 amide bonds. The zero-order valence-electron chi connectivity index (χ0n) is 12.2. The molecule has 1 N–H and O–H groups in total. The van der Waals surface area contributed by atoms with Gasteiger partial charge in [-0.25, -0.2) is 0 Å². The van der Waals surface area contributed by atoms with Crippen molar-refractivity contribution in [2.24, 2.45) is 5.41 Å². The first-order chi connectivity index (χ1) is 9.74. The first-order valence-electron chi connectivity index (χ1n) is 6.49. The summed E-state index contributed by atoms with van der Waals surface area (Å²) in [4.78, 5) is 5.55. The van der Waals surface area contributed by atoms with Crippen LogP contribution in [0, 0.1) is 8.99 Å². The molecular weight excluding hydrogens is 417 g/mol. The molecule has 0 aliphatic heterocycles. The van der Waals surface area contributed by atoms with Crippen LogP contribution in [-0.4, -0.2) is 20.4 Å². The van der Waals surface area contributed by atoms with E-state index in [9.17, 15) is 9.66 Å². The molecule has 0 spiro atoms. The van der Waals surface area contributed by atoms with Gasteiger partial charge in [-0.3, -0.25) is 4.98 Å². The first kappa shape index (κ1) is 17.2. The molecule has 6 heteroatoms. The SMILES string of the molecule is CC(C)(C)C(O)(C[S+]([O-])c1ccc(I)cc1)c1cncs1. The number of aliphatic hydroxyl groups is 1. The molecule has 1 aromatic heterocycles. The average molecular weight is 435 g/mol. The highest BCUT2D eigenvalue weighted by Gasteiger charge is 2.47. The lowest BCUT2D eigenvalue weighted by Gasteiger charge is -2.38. The molecule has 114 valence electrons. The molecule has 2 atom stereocenters. The molecule has 2 unspecified atom stereocenters. The molecule has 0 radical (unpaired) electrons. The van der Waals surface area contributed by atoms with Crippen molar-refractivity contribution in [3.05, 3.63) is 44.4 Å². The maximum Gasteiger partial charge on any atom is 0.152 e. The third kappa shape index (κ3) is 3.79. The zero-order valence-corrected chi connectivity index (χ0v) is 16.0. The Hall–Kier alpha value is -0.150. The highest BCUT2D eigenvalue weighted by molar-refractivity contribution is 14.1. The Morgan fingerprint density at radius 2 is 1.90 bits per heavy atom. The lowest BCUT2D eigenvalue weighted by atomic mass is 9.77. The van der Waals surface area contributed by atoms with Gasteiger partial charge in [-0.15, -0.1) is 11.3 Å². The van der Waals surface area contributed by atoms with Crippen LogP contribution in [-0.2, 0) is 16.8 Å². The summed E-state index contributed by atoms with van der Waals surface area (Å²) in [6.07, 6.45) is 1.67. The van der Waals surface area contributed by atoms with Gasteiger partial charge in [0.25, 0.3) is 0 Å². The second kappa shape index (κ2) is 6.54. The van der Waals surface area contributed by atoms with Crippen molar-refractivity contribution < 1.29 is 9.66 Å². The van der Waals surface area contributed by atoms with E-state index in [0.717, 1.165) is 13.3 Å². The second-order valence-corrected chi connectivity index (χ2v) is 9.50. The van der Waals surface area contributed by atoms with Gasteiger partial charge < -0.3 is 9.66 Å². The van der Waals surface area contributed by atoms with Gasteiger partial charge in [-0.1, -0.05) is 20.8 Å². The lowest BCUT2D eigenvalue weighted by Crippen LogP contribution is -2.45. The molecule has 1 heterocycles. The van der Waals surface area contributed by atoms with Crippen LogP contribution >= 0.6 is 33.9 Å². The molecule has 1 aromatic carbocycles. The molecule has 0 saturated heterocycles. The number of hydrogen-bond donors (Lipinski definition) is 1. The predicted octanol–water partition coefficient (Wildman–Crippen LogP) is 3.79. The summed E-state index contributed by atoms with van der Waals surface area (Å²) in [5.41, 5.74) is 0.0975. The summed E-state index contributed by atoms with van der Waals surface area (Å²) < 4.78 is 13.7. The molecule has 0 bridgehead atoms. The van der Waals surface area contributed by atoms with Crippen LogP contribution in [0.25, 0.3) is 0 Å². The van der Waals surface area contributed by atoms with Crippen molar-refractivity contribution in [3.63, 3.8) is 0 Å². The molecule has 0 fully saturated rings. The van der Waals surface area contributed by atoms with Crippen LogP contribution in [0.5, 0.6) is 0 Å². The number of halogens is 1. The predicted molar refractivity (Wildman–Crippen MR) is 95.9 cm³/mol. The van der Waals surface area contributed by atoms with Crippen LogP contribution in [0.3, 0.4) is 0 Å². The van der Waals surface area contributed by atoms with Gasteiger partial charge in [-0.2, -0.15) is 0 Å². The van der Waals surface area contributed by atoms with E-state index in [-0.39, 0.29) is 5.75 Å². The van der Waals surface area contributed by atoms with Crippen LogP contribution in [0.4, 0.5) is 0 Å². The fraction of sp³-hybridized carbons (Fsp3) is 0.400. The first-order valence-corrected chi connectivity index (χ1v) is 9.77. The number of hydrogen-bond acceptors (Lipinski definition) is 4. The normalized spacial score (nSPS) is 16.5. The highest BCUT2D eigenvalue weighted by Crippen LogP contribution is 2.42. The quantitative estimate of drug-likeness (QED) is 0.588. The Morgan fingerprint density at radius 1 is 1.29 bits per heavy atom. The Bertz CT molecular complexity index is 581. The molecule has 2 aromatic rings. The summed E-state index contributed by atoms with van der Waals surface area (Å²) in [5.74, 6) is 0.166. The van der Waals surface area contributed by atoms with Gasteiger partial charge in [-0.05, 0) is 58.0 Å². The van der Waals surface area contributed by atoms with E-state index in [0.29, 0.717) is 0 Å². The van der Waals surface area contributed by atoms with Gasteiger partial charge in [0, 0.05) is 15.2 Å². The molecule has 21 heavy (non-hydrogen) atoms. The van der Waals surface area contributed by atoms with Gasteiger partial charge in [0.05, 0.1) is 10.4 Å². The van der Waals surface area contributed by atoms with Crippen LogP contribution in [0.1, 0.15) is 25.6 Å². The molecule has 0 saturated carbocycles. The van der Waals surface area contributed by atoms with Crippen LogP contribution in [0.15, 0.2) is 40.9 Å². The van der Waals surface area contributed by atoms with E-state index < -0.39 is 22.2 Å². The Balaban J connectivity index is 2.30. The monoisotopic (exact) mass is 435 g/mol. The summed E-state index contributed by atoms with van der Waals surface area (Å²) in [7, 11) is 0. The van der Waals surface area contributed by atoms with Gasteiger partial charge >= 0.3 is 0 Å². The van der Waals surface area contributed by atoms with Crippen molar-refractivity contribution in [2.75, 3.05) is 5.75 Å². The van der Waals surface area contributed by atoms with E-state index in [2.05, 4.69) is 27.6 Å². The van der Waals surface area contributed by atoms with Crippen molar-refractivity contribution in [3.8, 4) is 0 Å². The third-order valence-corrected chi connectivity index (χ3v) is 6.62. The summed E-state index contributed by atoms with van der Waals surface area (Å²) in [6.45, 7) is 5.87. The van der Waals surface area contributed by atoms with Gasteiger partial charge in [0.2, 0.25) is 0 Å². The standard InChI is InChI=1S/C15H18INO2S2/c1-14(2,3)15(18,13-8-17-10-20-13)9-21(19)12-6-4-11(16)5-7-12/h4-8,10,18H,9H2,1-3H3. The van der Waals surface area contributed by atoms with E-state index >= 15 is 0 Å². The fourth-order valence-electron chi connectivity index (χ4n) is 1.94. The Morgan fingerprint density at radius 3 is 2.38 bits per heavy atom. The minimum absolute atomic E-state index is 0.166. The fourth-order valence-corrected chi connectivity index (χ4v) is 4.89. The van der Waals surface area contributed by atoms with Crippen LogP contribution < -0.4 is 0 Å². The summed E-state index contributed by atoms with van der Waals surface area (Å²) >= 11 is 2.35.